The Bertz CT molecular complexity index is 947. The number of ether oxygens (including phenoxy) is 3. The zero-order valence-corrected chi connectivity index (χ0v) is 17.7. The summed E-state index contributed by atoms with van der Waals surface area (Å²) in [7, 11) is 2.28. The number of methoxy groups -OCH3 is 2. The summed E-state index contributed by atoms with van der Waals surface area (Å²) in [5.41, 5.74) is -1.41. The number of halogens is 2. The molecule has 2 fully saturated rings. The van der Waals surface area contributed by atoms with Gasteiger partial charge in [0.05, 0.1) is 25.5 Å². The fourth-order valence-electron chi connectivity index (χ4n) is 3.95. The molecular weight excluding hydrogens is 432 g/mol. The normalized spacial score (nSPS) is 18.0. The van der Waals surface area contributed by atoms with Crippen molar-refractivity contribution in [3.8, 4) is 11.5 Å². The van der Waals surface area contributed by atoms with Gasteiger partial charge in [0.2, 0.25) is 5.91 Å². The molecule has 1 atom stereocenters. The Kier molecular flexibility index (Phi) is 6.51. The molecule has 0 radical (unpaired) electrons. The minimum absolute atomic E-state index is 0.186. The average molecular weight is 455 g/mol. The Morgan fingerprint density at radius 2 is 1.81 bits per heavy atom. The van der Waals surface area contributed by atoms with E-state index in [-0.39, 0.29) is 17.0 Å². The minimum Gasteiger partial charge on any atom is -0.493 e. The first-order valence-electron chi connectivity index (χ1n) is 9.85. The highest BCUT2D eigenvalue weighted by Gasteiger charge is 2.54. The van der Waals surface area contributed by atoms with Gasteiger partial charge >= 0.3 is 18.6 Å². The smallest absolute Gasteiger partial charge is 0.387 e. The molecule has 1 aliphatic carbocycles. The van der Waals surface area contributed by atoms with Crippen molar-refractivity contribution in [3.63, 3.8) is 0 Å². The van der Waals surface area contributed by atoms with E-state index in [4.69, 9.17) is 4.74 Å². The summed E-state index contributed by atoms with van der Waals surface area (Å²) in [5, 5.41) is 5.07. The van der Waals surface area contributed by atoms with Crippen LogP contribution in [0.1, 0.15) is 43.0 Å². The average Bonchev–Trinajstić information content (AvgIpc) is 3.31. The summed E-state index contributed by atoms with van der Waals surface area (Å²) in [6.45, 7) is -1.84. The molecule has 1 heterocycles. The van der Waals surface area contributed by atoms with Crippen molar-refractivity contribution < 1.29 is 42.2 Å². The van der Waals surface area contributed by atoms with Gasteiger partial charge in [0.1, 0.15) is 11.6 Å². The van der Waals surface area contributed by atoms with Crippen LogP contribution in [-0.2, 0) is 14.3 Å². The van der Waals surface area contributed by atoms with Gasteiger partial charge < -0.3 is 24.8 Å². The second-order valence-corrected chi connectivity index (χ2v) is 7.48. The van der Waals surface area contributed by atoms with E-state index in [1.165, 1.54) is 14.0 Å². The number of esters is 1. The number of carbonyl (C=O) groups excluding carboxylic acids is 4. The zero-order chi connectivity index (χ0) is 23.6. The minimum atomic E-state index is -3.19. The Morgan fingerprint density at radius 3 is 2.38 bits per heavy atom. The van der Waals surface area contributed by atoms with Crippen molar-refractivity contribution in [2.75, 3.05) is 19.5 Å². The van der Waals surface area contributed by atoms with Crippen molar-refractivity contribution in [1.29, 1.82) is 0 Å². The second kappa shape index (κ2) is 8.97. The van der Waals surface area contributed by atoms with E-state index in [9.17, 15) is 28.0 Å². The molecule has 1 unspecified atom stereocenters. The molecule has 1 aromatic rings. The summed E-state index contributed by atoms with van der Waals surface area (Å²) >= 11 is 0. The van der Waals surface area contributed by atoms with Gasteiger partial charge in [-0.3, -0.25) is 9.59 Å². The van der Waals surface area contributed by atoms with Gasteiger partial charge in [-0.05, 0) is 19.8 Å². The molecule has 1 aromatic carbocycles. The lowest BCUT2D eigenvalue weighted by Gasteiger charge is -2.24. The fourth-order valence-corrected chi connectivity index (χ4v) is 3.95. The summed E-state index contributed by atoms with van der Waals surface area (Å²) in [5.74, 6) is -2.81. The van der Waals surface area contributed by atoms with Gasteiger partial charge in [-0.25, -0.2) is 14.5 Å². The van der Waals surface area contributed by atoms with Crippen molar-refractivity contribution >= 4 is 29.5 Å². The molecule has 1 saturated carbocycles. The molecule has 3 rings (SSSR count). The SMILES string of the molecule is COC(=O)c1cc(OC)c(OC(F)F)cc1NC(=O)C(C)N1C(=O)NC2(CCCC2)C1=O. The number of anilines is 1. The maximum absolute atomic E-state index is 12.9. The van der Waals surface area contributed by atoms with E-state index < -0.39 is 47.8 Å². The Morgan fingerprint density at radius 1 is 1.16 bits per heavy atom. The standard InChI is InChI=1S/C20H23F2N3O7/c1-10(25-17(28)20(24-19(25)29)6-4-5-7-20)15(26)23-12-9-14(32-18(21)22)13(30-2)8-11(12)16(27)31-3/h8-10,18H,4-7H2,1-3H3,(H,23,26)(H,24,29). The molecular formula is C20H23F2N3O7. The maximum Gasteiger partial charge on any atom is 0.387 e. The molecule has 0 aromatic heterocycles. The van der Waals surface area contributed by atoms with Crippen molar-refractivity contribution in [2.24, 2.45) is 0 Å². The number of rotatable bonds is 7. The summed E-state index contributed by atoms with van der Waals surface area (Å²) < 4.78 is 39.6. The predicted octanol–water partition coefficient (Wildman–Crippen LogP) is 2.27. The van der Waals surface area contributed by atoms with E-state index in [1.54, 1.807) is 0 Å². The molecule has 12 heteroatoms. The summed E-state index contributed by atoms with van der Waals surface area (Å²) in [6.07, 6.45) is 2.53. The number of carbonyl (C=O) groups is 4. The third-order valence-corrected chi connectivity index (χ3v) is 5.60. The number of imide groups is 1. The molecule has 1 saturated heterocycles. The van der Waals surface area contributed by atoms with Gasteiger partial charge in [0.15, 0.2) is 11.5 Å². The third kappa shape index (κ3) is 4.16. The number of benzene rings is 1. The lowest BCUT2D eigenvalue weighted by Crippen LogP contribution is -2.48. The fraction of sp³-hybridized carbons (Fsp3) is 0.500. The number of alkyl halides is 2. The molecule has 32 heavy (non-hydrogen) atoms. The zero-order valence-electron chi connectivity index (χ0n) is 17.7. The Labute approximate surface area is 182 Å². The van der Waals surface area contributed by atoms with Gasteiger partial charge in [-0.1, -0.05) is 12.8 Å². The van der Waals surface area contributed by atoms with Gasteiger partial charge in [0.25, 0.3) is 5.91 Å². The first-order chi connectivity index (χ1) is 15.1. The number of urea groups is 1. The number of hydrogen-bond donors (Lipinski definition) is 2. The van der Waals surface area contributed by atoms with Crippen LogP contribution in [0.4, 0.5) is 19.3 Å². The monoisotopic (exact) mass is 455 g/mol. The lowest BCUT2D eigenvalue weighted by molar-refractivity contribution is -0.136. The Balaban J connectivity index is 1.89. The molecule has 2 aliphatic rings. The third-order valence-electron chi connectivity index (χ3n) is 5.60. The molecule has 2 N–H and O–H groups in total. The van der Waals surface area contributed by atoms with Gasteiger partial charge in [-0.15, -0.1) is 0 Å². The van der Waals surface area contributed by atoms with E-state index in [0.29, 0.717) is 12.8 Å². The number of nitrogens with zero attached hydrogens (tertiary/aromatic N) is 1. The second-order valence-electron chi connectivity index (χ2n) is 7.48. The number of amides is 4. The first-order valence-corrected chi connectivity index (χ1v) is 9.85. The maximum atomic E-state index is 12.9. The lowest BCUT2D eigenvalue weighted by atomic mass is 9.97. The molecule has 10 nitrogen and oxygen atoms in total. The van der Waals surface area contributed by atoms with Crippen LogP contribution in [0.5, 0.6) is 11.5 Å². The van der Waals surface area contributed by atoms with Crippen molar-refractivity contribution in [1.82, 2.24) is 10.2 Å². The molecule has 1 aliphatic heterocycles. The highest BCUT2D eigenvalue weighted by atomic mass is 19.3. The van der Waals surface area contributed by atoms with Crippen LogP contribution >= 0.6 is 0 Å². The predicted molar refractivity (Wildman–Crippen MR) is 106 cm³/mol. The van der Waals surface area contributed by atoms with E-state index >= 15 is 0 Å². The number of nitrogens with one attached hydrogen (secondary N) is 2. The van der Waals surface area contributed by atoms with E-state index in [0.717, 1.165) is 37.0 Å². The summed E-state index contributed by atoms with van der Waals surface area (Å²) in [4.78, 5) is 51.2. The molecule has 1 spiro atoms. The molecule has 174 valence electrons. The first kappa shape index (κ1) is 23.2. The van der Waals surface area contributed by atoms with Crippen LogP contribution in [0.25, 0.3) is 0 Å². The quantitative estimate of drug-likeness (QED) is 0.478. The van der Waals surface area contributed by atoms with Gasteiger partial charge in [-0.2, -0.15) is 8.78 Å². The van der Waals surface area contributed by atoms with E-state index in [2.05, 4.69) is 20.1 Å². The van der Waals surface area contributed by atoms with Crippen LogP contribution in [0.15, 0.2) is 12.1 Å². The largest absolute Gasteiger partial charge is 0.493 e. The van der Waals surface area contributed by atoms with Crippen LogP contribution in [0, 0.1) is 0 Å². The highest BCUT2D eigenvalue weighted by Crippen LogP contribution is 2.37. The summed E-state index contributed by atoms with van der Waals surface area (Å²) in [6, 6.07) is 0.121. The van der Waals surface area contributed by atoms with Crippen LogP contribution in [0.3, 0.4) is 0 Å². The van der Waals surface area contributed by atoms with Gasteiger partial charge in [0, 0.05) is 12.1 Å². The highest BCUT2D eigenvalue weighted by molar-refractivity contribution is 6.12. The topological polar surface area (TPSA) is 123 Å². The molecule has 0 bridgehead atoms. The van der Waals surface area contributed by atoms with Crippen LogP contribution in [0.2, 0.25) is 0 Å². The van der Waals surface area contributed by atoms with Crippen molar-refractivity contribution in [3.05, 3.63) is 17.7 Å². The van der Waals surface area contributed by atoms with E-state index in [1.807, 2.05) is 0 Å². The van der Waals surface area contributed by atoms with Crippen molar-refractivity contribution in [2.45, 2.75) is 50.8 Å². The van der Waals surface area contributed by atoms with Crippen LogP contribution < -0.4 is 20.1 Å². The number of hydrogen-bond acceptors (Lipinski definition) is 7. The Hall–Kier alpha value is -3.44. The molecule has 4 amide bonds. The van der Waals surface area contributed by atoms with Crippen LogP contribution in [-0.4, -0.2) is 61.1 Å².